The standard InChI is InChI=1S/C8H14O4/c9-4-2-1-3-7-5-11-8(10)12-6-7/h7,9H,1-6H2. The third-order valence-corrected chi connectivity index (χ3v) is 1.89. The van der Waals surface area contributed by atoms with Gasteiger partial charge in [-0.3, -0.25) is 0 Å². The van der Waals surface area contributed by atoms with Crippen LogP contribution in [0, 0.1) is 5.92 Å². The zero-order valence-electron chi connectivity index (χ0n) is 6.99. The van der Waals surface area contributed by atoms with Gasteiger partial charge in [-0.05, 0) is 12.8 Å². The Kier molecular flexibility index (Phi) is 3.87. The summed E-state index contributed by atoms with van der Waals surface area (Å²) in [5, 5.41) is 8.52. The van der Waals surface area contributed by atoms with Crippen molar-refractivity contribution in [1.29, 1.82) is 0 Å². The third kappa shape index (κ3) is 3.09. The number of carbonyl (C=O) groups is 1. The second-order valence-electron chi connectivity index (χ2n) is 2.96. The smallest absolute Gasteiger partial charge is 0.434 e. The lowest BCUT2D eigenvalue weighted by Crippen LogP contribution is -2.27. The average Bonchev–Trinajstić information content (AvgIpc) is 2.09. The molecule has 1 N–H and O–H groups in total. The zero-order chi connectivity index (χ0) is 8.81. The molecule has 70 valence electrons. The molecule has 1 saturated heterocycles. The maximum absolute atomic E-state index is 10.5. The van der Waals surface area contributed by atoms with Gasteiger partial charge in [-0.1, -0.05) is 6.42 Å². The first-order chi connectivity index (χ1) is 5.83. The molecule has 1 rings (SSSR count). The van der Waals surface area contributed by atoms with Crippen LogP contribution in [0.1, 0.15) is 19.3 Å². The summed E-state index contributed by atoms with van der Waals surface area (Å²) in [4.78, 5) is 10.5. The predicted molar refractivity (Wildman–Crippen MR) is 41.7 cm³/mol. The largest absolute Gasteiger partial charge is 0.508 e. The van der Waals surface area contributed by atoms with Crippen LogP contribution in [0.5, 0.6) is 0 Å². The van der Waals surface area contributed by atoms with Crippen LogP contribution >= 0.6 is 0 Å². The second kappa shape index (κ2) is 4.98. The minimum Gasteiger partial charge on any atom is -0.434 e. The van der Waals surface area contributed by atoms with Gasteiger partial charge in [0.25, 0.3) is 0 Å². The maximum Gasteiger partial charge on any atom is 0.508 e. The Labute approximate surface area is 71.5 Å². The molecule has 0 spiro atoms. The maximum atomic E-state index is 10.5. The SMILES string of the molecule is O=C1OCC(CCCCO)CO1. The topological polar surface area (TPSA) is 55.8 Å². The lowest BCUT2D eigenvalue weighted by atomic mass is 10.0. The molecule has 0 aromatic heterocycles. The number of hydrogen-bond acceptors (Lipinski definition) is 4. The summed E-state index contributed by atoms with van der Waals surface area (Å²) in [5.41, 5.74) is 0. The molecule has 4 nitrogen and oxygen atoms in total. The fourth-order valence-electron chi connectivity index (χ4n) is 1.17. The van der Waals surface area contributed by atoms with E-state index in [2.05, 4.69) is 0 Å². The number of aliphatic hydroxyl groups excluding tert-OH is 1. The number of aliphatic hydroxyl groups is 1. The molecule has 1 aliphatic rings. The van der Waals surface area contributed by atoms with Gasteiger partial charge in [0, 0.05) is 12.5 Å². The molecule has 0 bridgehead atoms. The van der Waals surface area contributed by atoms with Crippen LogP contribution < -0.4 is 0 Å². The molecule has 0 amide bonds. The van der Waals surface area contributed by atoms with E-state index in [9.17, 15) is 4.79 Å². The Morgan fingerprint density at radius 1 is 1.33 bits per heavy atom. The number of carbonyl (C=O) groups excluding carboxylic acids is 1. The van der Waals surface area contributed by atoms with Crippen molar-refractivity contribution in [2.24, 2.45) is 5.92 Å². The van der Waals surface area contributed by atoms with E-state index in [4.69, 9.17) is 14.6 Å². The summed E-state index contributed by atoms with van der Waals surface area (Å²) in [6.07, 6.45) is 2.16. The lowest BCUT2D eigenvalue weighted by Gasteiger charge is -2.21. The molecule has 12 heavy (non-hydrogen) atoms. The van der Waals surface area contributed by atoms with Gasteiger partial charge in [0.05, 0.1) is 0 Å². The quantitative estimate of drug-likeness (QED) is 0.509. The first-order valence-corrected chi connectivity index (χ1v) is 4.23. The van der Waals surface area contributed by atoms with Crippen molar-refractivity contribution < 1.29 is 19.4 Å². The molecule has 0 radical (unpaired) electrons. The summed E-state index contributed by atoms with van der Waals surface area (Å²) < 4.78 is 9.39. The normalized spacial score (nSPS) is 18.6. The number of cyclic esters (lactones) is 2. The number of hydrogen-bond donors (Lipinski definition) is 1. The zero-order valence-corrected chi connectivity index (χ0v) is 6.99. The van der Waals surface area contributed by atoms with Crippen molar-refractivity contribution >= 4 is 6.16 Å². The average molecular weight is 174 g/mol. The monoisotopic (exact) mass is 174 g/mol. The number of rotatable bonds is 4. The highest BCUT2D eigenvalue weighted by atomic mass is 16.7. The molecule has 0 saturated carbocycles. The Balaban J connectivity index is 2.05. The van der Waals surface area contributed by atoms with Crippen molar-refractivity contribution in [1.82, 2.24) is 0 Å². The van der Waals surface area contributed by atoms with Crippen LogP contribution in [0.25, 0.3) is 0 Å². The third-order valence-electron chi connectivity index (χ3n) is 1.89. The Hall–Kier alpha value is -0.770. The summed E-state index contributed by atoms with van der Waals surface area (Å²) in [7, 11) is 0. The second-order valence-corrected chi connectivity index (χ2v) is 2.96. The molecule has 0 atom stereocenters. The predicted octanol–water partition coefficient (Wildman–Crippen LogP) is 0.932. The first kappa shape index (κ1) is 9.32. The van der Waals surface area contributed by atoms with E-state index in [1.54, 1.807) is 0 Å². The van der Waals surface area contributed by atoms with E-state index in [-0.39, 0.29) is 6.61 Å². The molecule has 1 aliphatic heterocycles. The van der Waals surface area contributed by atoms with Gasteiger partial charge < -0.3 is 14.6 Å². The summed E-state index contributed by atoms with van der Waals surface area (Å²) >= 11 is 0. The van der Waals surface area contributed by atoms with Gasteiger partial charge in [0.2, 0.25) is 0 Å². The summed E-state index contributed by atoms with van der Waals surface area (Å²) in [6, 6.07) is 0. The molecule has 0 unspecified atom stereocenters. The highest BCUT2D eigenvalue weighted by molar-refractivity contribution is 5.60. The van der Waals surface area contributed by atoms with E-state index in [0.717, 1.165) is 19.3 Å². The van der Waals surface area contributed by atoms with Gasteiger partial charge in [0.15, 0.2) is 0 Å². The Morgan fingerprint density at radius 2 is 2.00 bits per heavy atom. The van der Waals surface area contributed by atoms with E-state index in [1.807, 2.05) is 0 Å². The van der Waals surface area contributed by atoms with Crippen LogP contribution in [0.4, 0.5) is 4.79 Å². The van der Waals surface area contributed by atoms with Crippen LogP contribution in [0.2, 0.25) is 0 Å². The fraction of sp³-hybridized carbons (Fsp3) is 0.875. The highest BCUT2D eigenvalue weighted by Crippen LogP contribution is 2.14. The van der Waals surface area contributed by atoms with E-state index in [1.165, 1.54) is 0 Å². The first-order valence-electron chi connectivity index (χ1n) is 4.23. The van der Waals surface area contributed by atoms with Crippen LogP contribution in [-0.2, 0) is 9.47 Å². The van der Waals surface area contributed by atoms with E-state index >= 15 is 0 Å². The van der Waals surface area contributed by atoms with E-state index < -0.39 is 6.16 Å². The van der Waals surface area contributed by atoms with Gasteiger partial charge in [-0.25, -0.2) is 4.79 Å². The molecule has 4 heteroatoms. The Bertz CT molecular complexity index is 136. The number of ether oxygens (including phenoxy) is 2. The van der Waals surface area contributed by atoms with Crippen molar-refractivity contribution in [2.45, 2.75) is 19.3 Å². The van der Waals surface area contributed by atoms with Crippen molar-refractivity contribution in [3.63, 3.8) is 0 Å². The van der Waals surface area contributed by atoms with Gasteiger partial charge >= 0.3 is 6.16 Å². The van der Waals surface area contributed by atoms with Gasteiger partial charge in [0.1, 0.15) is 13.2 Å². The number of unbranched alkanes of at least 4 members (excludes halogenated alkanes) is 1. The molecule has 1 heterocycles. The van der Waals surface area contributed by atoms with Gasteiger partial charge in [-0.15, -0.1) is 0 Å². The van der Waals surface area contributed by atoms with Gasteiger partial charge in [-0.2, -0.15) is 0 Å². The summed E-state index contributed by atoms with van der Waals surface area (Å²) in [6.45, 7) is 1.15. The van der Waals surface area contributed by atoms with Crippen molar-refractivity contribution in [3.8, 4) is 0 Å². The van der Waals surface area contributed by atoms with Crippen LogP contribution in [0.15, 0.2) is 0 Å². The molecular weight excluding hydrogens is 160 g/mol. The summed E-state index contributed by atoms with van der Waals surface area (Å²) in [5.74, 6) is 0.314. The van der Waals surface area contributed by atoms with Crippen LogP contribution in [0.3, 0.4) is 0 Å². The minimum absolute atomic E-state index is 0.230. The minimum atomic E-state index is -0.562. The highest BCUT2D eigenvalue weighted by Gasteiger charge is 2.19. The Morgan fingerprint density at radius 3 is 2.58 bits per heavy atom. The van der Waals surface area contributed by atoms with Crippen LogP contribution in [-0.4, -0.2) is 31.1 Å². The molecule has 1 fully saturated rings. The lowest BCUT2D eigenvalue weighted by molar-refractivity contribution is -0.0147. The molecular formula is C8H14O4. The molecule has 0 aliphatic carbocycles. The van der Waals surface area contributed by atoms with E-state index in [0.29, 0.717) is 19.1 Å². The van der Waals surface area contributed by atoms with Crippen molar-refractivity contribution in [3.05, 3.63) is 0 Å². The van der Waals surface area contributed by atoms with Crippen molar-refractivity contribution in [2.75, 3.05) is 19.8 Å². The fourth-order valence-corrected chi connectivity index (χ4v) is 1.17. The molecule has 0 aromatic rings. The molecule has 0 aromatic carbocycles.